The van der Waals surface area contributed by atoms with Crippen LogP contribution in [0.3, 0.4) is 0 Å². The second kappa shape index (κ2) is 14.8. The second-order valence-corrected chi connectivity index (χ2v) is 15.0. The van der Waals surface area contributed by atoms with Crippen molar-refractivity contribution in [2.24, 2.45) is 0 Å². The molecular weight excluding hydrogens is 685 g/mol. The zero-order valence-electron chi connectivity index (χ0n) is 30.0. The van der Waals surface area contributed by atoms with Gasteiger partial charge in [-0.2, -0.15) is 0 Å². The van der Waals surface area contributed by atoms with E-state index in [-0.39, 0.29) is 35.1 Å². The standard InChI is InChI=1S/C39H42N4O8S/c1-20-13-22(19-40-38(48)51-39(3,4)5)14-21(2)32(20)43-35(45)28-17-29-31(50-11-9-23-10-12-52-34(23)29)18-27(28)26-7-8-30(42-33(26)37(47)49-6)36(46)41-24-15-25(44)16-24/h7-8,10,12-14,17-18,24-25,44H,9,11,15-16,19H2,1-6H3,(H,40,48)(H,41,46)(H,43,45)/t24-,25-. The van der Waals surface area contributed by atoms with Crippen molar-refractivity contribution in [1.29, 1.82) is 0 Å². The summed E-state index contributed by atoms with van der Waals surface area (Å²) in [6, 6.07) is 12.2. The van der Waals surface area contributed by atoms with Gasteiger partial charge in [-0.3, -0.25) is 9.59 Å². The van der Waals surface area contributed by atoms with Crippen molar-refractivity contribution < 1.29 is 38.5 Å². The quantitative estimate of drug-likeness (QED) is 0.152. The molecule has 6 rings (SSSR count). The van der Waals surface area contributed by atoms with Crippen LogP contribution in [0.15, 0.2) is 47.8 Å². The highest BCUT2D eigenvalue weighted by atomic mass is 32.1. The molecular formula is C39H42N4O8S. The van der Waals surface area contributed by atoms with Gasteiger partial charge in [0.1, 0.15) is 17.0 Å². The van der Waals surface area contributed by atoms with Gasteiger partial charge in [0.25, 0.3) is 11.8 Å². The fourth-order valence-corrected chi connectivity index (χ4v) is 7.35. The normalized spacial score (nSPS) is 16.2. The number of alkyl carbamates (subject to hydrolysis) is 1. The number of methoxy groups -OCH3 is 1. The summed E-state index contributed by atoms with van der Waals surface area (Å²) in [7, 11) is 1.22. The number of esters is 1. The summed E-state index contributed by atoms with van der Waals surface area (Å²) in [5, 5.41) is 20.3. The second-order valence-electron chi connectivity index (χ2n) is 14.1. The maximum Gasteiger partial charge on any atom is 0.407 e. The molecule has 2 aromatic heterocycles. The van der Waals surface area contributed by atoms with E-state index in [0.29, 0.717) is 42.9 Å². The number of rotatable bonds is 8. The molecule has 0 saturated heterocycles. The van der Waals surface area contributed by atoms with Crippen molar-refractivity contribution in [2.75, 3.05) is 19.0 Å². The maximum atomic E-state index is 14.4. The first kappa shape index (κ1) is 36.5. The highest BCUT2D eigenvalue weighted by Crippen LogP contribution is 2.43. The average Bonchev–Trinajstić information content (AvgIpc) is 3.47. The van der Waals surface area contributed by atoms with Crippen LogP contribution >= 0.6 is 11.3 Å². The van der Waals surface area contributed by atoms with E-state index in [9.17, 15) is 24.3 Å². The molecule has 0 radical (unpaired) electrons. The van der Waals surface area contributed by atoms with E-state index >= 15 is 0 Å². The van der Waals surface area contributed by atoms with Crippen molar-refractivity contribution in [2.45, 2.75) is 78.2 Å². The number of hydrogen-bond acceptors (Lipinski definition) is 10. The number of fused-ring (bicyclic) bond motifs is 3. The van der Waals surface area contributed by atoms with Crippen molar-refractivity contribution in [3.05, 3.63) is 87.0 Å². The zero-order valence-corrected chi connectivity index (χ0v) is 30.8. The fraction of sp³-hybridized carbons (Fsp3) is 0.359. The fourth-order valence-electron chi connectivity index (χ4n) is 6.37. The van der Waals surface area contributed by atoms with E-state index in [2.05, 4.69) is 20.9 Å². The van der Waals surface area contributed by atoms with Crippen LogP contribution in [0.2, 0.25) is 0 Å². The third-order valence-corrected chi connectivity index (χ3v) is 9.89. The number of pyridine rings is 1. The molecule has 13 heteroatoms. The van der Waals surface area contributed by atoms with Crippen LogP contribution in [0.5, 0.6) is 5.75 Å². The number of aliphatic hydroxyl groups is 1. The van der Waals surface area contributed by atoms with Gasteiger partial charge in [-0.1, -0.05) is 12.1 Å². The molecule has 1 fully saturated rings. The van der Waals surface area contributed by atoms with Crippen molar-refractivity contribution in [1.82, 2.24) is 15.6 Å². The van der Waals surface area contributed by atoms with Crippen LogP contribution < -0.4 is 20.7 Å². The lowest BCUT2D eigenvalue weighted by Gasteiger charge is -2.31. The molecule has 52 heavy (non-hydrogen) atoms. The number of carbonyl (C=O) groups excluding carboxylic acids is 4. The number of aryl methyl sites for hydroxylation is 2. The predicted molar refractivity (Wildman–Crippen MR) is 197 cm³/mol. The summed E-state index contributed by atoms with van der Waals surface area (Å²) in [6.07, 6.45) is 0.592. The molecule has 3 amide bonds. The Hall–Kier alpha value is -5.27. The Kier molecular flexibility index (Phi) is 10.4. The first-order valence-electron chi connectivity index (χ1n) is 17.0. The van der Waals surface area contributed by atoms with Crippen molar-refractivity contribution in [3.63, 3.8) is 0 Å². The molecule has 0 atom stereocenters. The number of hydrogen-bond donors (Lipinski definition) is 4. The van der Waals surface area contributed by atoms with E-state index in [4.69, 9.17) is 14.2 Å². The summed E-state index contributed by atoms with van der Waals surface area (Å²) in [5.74, 6) is -1.17. The number of benzene rings is 2. The molecule has 272 valence electrons. The van der Waals surface area contributed by atoms with Crippen LogP contribution in [0.1, 0.15) is 87.2 Å². The number of thiophene rings is 1. The molecule has 0 spiro atoms. The van der Waals surface area contributed by atoms with E-state index in [1.807, 2.05) is 37.4 Å². The Morgan fingerprint density at radius 3 is 2.38 bits per heavy atom. The number of amides is 3. The Labute approximate surface area is 305 Å². The molecule has 1 aliphatic heterocycles. The Balaban J connectivity index is 1.38. The molecule has 0 unspecified atom stereocenters. The zero-order chi connectivity index (χ0) is 37.3. The molecule has 4 aromatic rings. The number of nitrogens with one attached hydrogen (secondary N) is 3. The lowest BCUT2D eigenvalue weighted by Crippen LogP contribution is -2.47. The SMILES string of the molecule is COC(=O)c1nc(C(=O)N[C@H]2C[C@H](O)C2)ccc1-c1cc2c(cc1C(=O)Nc1c(C)cc(CNC(=O)OC(C)(C)C)cc1C)-c1sccc1CCO2. The predicted octanol–water partition coefficient (Wildman–Crippen LogP) is 6.35. The first-order valence-corrected chi connectivity index (χ1v) is 17.9. The van der Waals surface area contributed by atoms with Gasteiger partial charge in [0.05, 0.1) is 19.8 Å². The van der Waals surface area contributed by atoms with Crippen molar-refractivity contribution >= 4 is 40.9 Å². The van der Waals surface area contributed by atoms with Gasteiger partial charge in [-0.25, -0.2) is 14.6 Å². The van der Waals surface area contributed by atoms with Gasteiger partial charge in [0.2, 0.25) is 0 Å². The van der Waals surface area contributed by atoms with E-state index in [1.165, 1.54) is 13.2 Å². The summed E-state index contributed by atoms with van der Waals surface area (Å²) >= 11 is 1.55. The van der Waals surface area contributed by atoms with Gasteiger partial charge in [0.15, 0.2) is 5.69 Å². The van der Waals surface area contributed by atoms with E-state index in [1.54, 1.807) is 50.3 Å². The van der Waals surface area contributed by atoms with Crippen LogP contribution in [0.25, 0.3) is 21.6 Å². The van der Waals surface area contributed by atoms with Gasteiger partial charge in [-0.15, -0.1) is 11.3 Å². The number of aromatic nitrogens is 1. The minimum atomic E-state index is -0.784. The third-order valence-electron chi connectivity index (χ3n) is 8.90. The molecule has 1 aliphatic carbocycles. The highest BCUT2D eigenvalue weighted by Gasteiger charge is 2.31. The number of anilines is 1. The average molecular weight is 727 g/mol. The molecule has 2 aliphatic rings. The monoisotopic (exact) mass is 726 g/mol. The van der Waals surface area contributed by atoms with Gasteiger partial charge in [0, 0.05) is 51.8 Å². The lowest BCUT2D eigenvalue weighted by molar-refractivity contribution is 0.0519. The molecule has 4 N–H and O–H groups in total. The molecule has 0 bridgehead atoms. The van der Waals surface area contributed by atoms with Crippen LogP contribution in [0.4, 0.5) is 10.5 Å². The summed E-state index contributed by atoms with van der Waals surface area (Å²) in [4.78, 5) is 58.4. The number of carbonyl (C=O) groups is 4. The minimum absolute atomic E-state index is 0.00160. The summed E-state index contributed by atoms with van der Waals surface area (Å²) < 4.78 is 16.6. The third kappa shape index (κ3) is 7.95. The van der Waals surface area contributed by atoms with E-state index < -0.39 is 35.6 Å². The number of nitrogens with zero attached hydrogens (tertiary/aromatic N) is 1. The largest absolute Gasteiger partial charge is 0.493 e. The van der Waals surface area contributed by atoms with Gasteiger partial charge >= 0.3 is 12.1 Å². The summed E-state index contributed by atoms with van der Waals surface area (Å²) in [5.41, 5.74) is 4.98. The molecule has 1 saturated carbocycles. The van der Waals surface area contributed by atoms with Crippen LogP contribution in [-0.2, 0) is 22.4 Å². The molecule has 2 aromatic carbocycles. The molecule has 3 heterocycles. The maximum absolute atomic E-state index is 14.4. The van der Waals surface area contributed by atoms with Crippen LogP contribution in [0, 0.1) is 13.8 Å². The highest BCUT2D eigenvalue weighted by molar-refractivity contribution is 7.13. The molecule has 12 nitrogen and oxygen atoms in total. The Morgan fingerprint density at radius 1 is 0.981 bits per heavy atom. The van der Waals surface area contributed by atoms with Gasteiger partial charge < -0.3 is 35.3 Å². The first-order chi connectivity index (χ1) is 24.7. The van der Waals surface area contributed by atoms with E-state index in [0.717, 1.165) is 32.7 Å². The van der Waals surface area contributed by atoms with Crippen LogP contribution in [-0.4, -0.2) is 65.4 Å². The Morgan fingerprint density at radius 2 is 1.71 bits per heavy atom. The number of ether oxygens (including phenoxy) is 3. The summed E-state index contributed by atoms with van der Waals surface area (Å²) in [6.45, 7) is 9.79. The Bertz CT molecular complexity index is 2040. The number of aliphatic hydroxyl groups excluding tert-OH is 1. The smallest absolute Gasteiger partial charge is 0.407 e. The van der Waals surface area contributed by atoms with Gasteiger partial charge in [-0.05, 0) is 105 Å². The lowest BCUT2D eigenvalue weighted by atomic mass is 9.89. The topological polar surface area (TPSA) is 165 Å². The minimum Gasteiger partial charge on any atom is -0.493 e. The van der Waals surface area contributed by atoms with Crippen molar-refractivity contribution in [3.8, 4) is 27.3 Å².